The molecule has 5 atom stereocenters. The standard InChI is InChI=1S/C40H64N6O8S/c1-38(2)28-24-46(31(30(28)38)34(48)42-29(15-12-26-10-11-26)32(47)35(49)41-27-13-14-27)36(50)33(39(3)16-6-4-7-17-39)43-37(51)44-40(18-8-5-9-19-40)25-55(52,53)45-20-22-54-23-21-45/h26-31,33H,4-25H2,1-3H3,(H,41,49)(H,42,48)(H2,43,44,51)/t28-,29-,30-,31-,33+/m0/s1. The number of piperidine rings is 1. The number of amides is 5. The molecular formula is C40H64N6O8S. The molecule has 0 spiro atoms. The number of sulfonamides is 1. The fraction of sp³-hybridized carbons (Fsp3) is 0.875. The van der Waals surface area contributed by atoms with Crippen molar-refractivity contribution < 1.29 is 37.1 Å². The van der Waals surface area contributed by atoms with Crippen LogP contribution in [0.1, 0.15) is 124 Å². The lowest BCUT2D eigenvalue weighted by atomic mass is 9.70. The number of carbonyl (C=O) groups excluding carboxylic acids is 5. The summed E-state index contributed by atoms with van der Waals surface area (Å²) in [5.74, 6) is -1.81. The van der Waals surface area contributed by atoms with Crippen LogP contribution < -0.4 is 21.3 Å². The highest BCUT2D eigenvalue weighted by Crippen LogP contribution is 2.65. The van der Waals surface area contributed by atoms with E-state index in [9.17, 15) is 27.6 Å². The third kappa shape index (κ3) is 9.03. The molecule has 2 heterocycles. The Kier molecular flexibility index (Phi) is 11.7. The molecule has 14 nitrogen and oxygen atoms in total. The van der Waals surface area contributed by atoms with Crippen molar-refractivity contribution in [1.29, 1.82) is 0 Å². The Labute approximate surface area is 326 Å². The van der Waals surface area contributed by atoms with E-state index in [1.807, 2.05) is 6.92 Å². The Morgan fingerprint density at radius 3 is 2.09 bits per heavy atom. The third-order valence-electron chi connectivity index (χ3n) is 14.3. The molecular weight excluding hydrogens is 725 g/mol. The van der Waals surface area contributed by atoms with Crippen molar-refractivity contribution in [2.24, 2.45) is 28.6 Å². The van der Waals surface area contributed by atoms with Crippen LogP contribution in [-0.2, 0) is 33.9 Å². The zero-order valence-corrected chi connectivity index (χ0v) is 34.0. The van der Waals surface area contributed by atoms with Crippen molar-refractivity contribution in [3.8, 4) is 0 Å². The maximum absolute atomic E-state index is 15.0. The Balaban J connectivity index is 1.10. The molecule has 0 aromatic carbocycles. The Hall–Kier alpha value is -2.78. The zero-order valence-electron chi connectivity index (χ0n) is 33.2. The smallest absolute Gasteiger partial charge is 0.315 e. The summed E-state index contributed by atoms with van der Waals surface area (Å²) in [6, 6.07) is -3.32. The minimum Gasteiger partial charge on any atom is -0.379 e. The Bertz CT molecular complexity index is 1590. The van der Waals surface area contributed by atoms with Gasteiger partial charge in [-0.1, -0.05) is 72.1 Å². The van der Waals surface area contributed by atoms with Gasteiger partial charge in [0.15, 0.2) is 0 Å². The van der Waals surface area contributed by atoms with Crippen LogP contribution >= 0.6 is 0 Å². The SMILES string of the molecule is CC1([C@H](NC(=O)NC2(CS(=O)(=O)N3CCOCC3)CCCCC2)C(=O)N2C[C@H]3[C@@H]([C@H]2C(=O)N[C@@H](CCC2CC2)C(=O)C(=O)NC2CC2)C3(C)C)CCCCC1. The number of nitrogens with zero attached hydrogens (tertiary/aromatic N) is 2. The fourth-order valence-corrected chi connectivity index (χ4v) is 12.3. The highest BCUT2D eigenvalue weighted by atomic mass is 32.2. The fourth-order valence-electron chi connectivity index (χ4n) is 10.3. The van der Waals surface area contributed by atoms with Gasteiger partial charge in [-0.2, -0.15) is 4.31 Å². The number of urea groups is 1. The van der Waals surface area contributed by atoms with E-state index in [0.717, 1.165) is 83.5 Å². The highest BCUT2D eigenvalue weighted by molar-refractivity contribution is 7.89. The van der Waals surface area contributed by atoms with E-state index in [0.29, 0.717) is 44.9 Å². The van der Waals surface area contributed by atoms with E-state index in [1.54, 1.807) is 4.90 Å². The minimum absolute atomic E-state index is 0.0112. The lowest BCUT2D eigenvalue weighted by Crippen LogP contribution is -2.65. The van der Waals surface area contributed by atoms with Gasteiger partial charge in [0, 0.05) is 25.7 Å². The number of hydrogen-bond donors (Lipinski definition) is 4. The molecule has 7 aliphatic rings. The molecule has 0 radical (unpaired) electrons. The van der Waals surface area contributed by atoms with Gasteiger partial charge in [-0.25, -0.2) is 13.2 Å². The van der Waals surface area contributed by atoms with Crippen LogP contribution in [0.5, 0.6) is 0 Å². The highest BCUT2D eigenvalue weighted by Gasteiger charge is 2.70. The van der Waals surface area contributed by atoms with Gasteiger partial charge in [-0.15, -0.1) is 0 Å². The number of fused-ring (bicyclic) bond motifs is 1. The molecule has 15 heteroatoms. The molecule has 4 N–H and O–H groups in total. The first kappa shape index (κ1) is 40.4. The number of ether oxygens (including phenoxy) is 1. The Morgan fingerprint density at radius 1 is 0.836 bits per heavy atom. The maximum Gasteiger partial charge on any atom is 0.315 e. The molecule has 0 bridgehead atoms. The summed E-state index contributed by atoms with van der Waals surface area (Å²) in [4.78, 5) is 71.7. The van der Waals surface area contributed by atoms with Crippen LogP contribution in [-0.4, -0.2) is 115 Å². The minimum atomic E-state index is -3.69. The van der Waals surface area contributed by atoms with Crippen molar-refractivity contribution in [2.45, 2.75) is 153 Å². The normalized spacial score (nSPS) is 29.6. The third-order valence-corrected chi connectivity index (χ3v) is 16.4. The van der Waals surface area contributed by atoms with Crippen LogP contribution in [0.3, 0.4) is 0 Å². The van der Waals surface area contributed by atoms with E-state index in [1.165, 1.54) is 4.31 Å². The molecule has 7 fully saturated rings. The first-order valence-corrected chi connectivity index (χ1v) is 22.8. The van der Waals surface area contributed by atoms with Crippen LogP contribution in [0.25, 0.3) is 0 Å². The van der Waals surface area contributed by atoms with Gasteiger partial charge in [-0.05, 0) is 80.0 Å². The van der Waals surface area contributed by atoms with Crippen LogP contribution in [0.15, 0.2) is 0 Å². The number of carbonyl (C=O) groups is 5. The average Bonchev–Trinajstić information content (AvgIpc) is 4.12. The second kappa shape index (κ2) is 15.9. The first-order valence-electron chi connectivity index (χ1n) is 21.2. The number of Topliss-reactive ketones (excluding diaryl/α,β-unsaturated/α-hetero) is 1. The summed E-state index contributed by atoms with van der Waals surface area (Å²) in [6.45, 7) is 7.84. The predicted molar refractivity (Wildman–Crippen MR) is 205 cm³/mol. The number of likely N-dealkylation sites (tertiary alicyclic amines) is 1. The zero-order chi connectivity index (χ0) is 39.2. The second-order valence-electron chi connectivity index (χ2n) is 18.9. The monoisotopic (exact) mass is 788 g/mol. The van der Waals surface area contributed by atoms with E-state index >= 15 is 4.79 Å². The maximum atomic E-state index is 15.0. The van der Waals surface area contributed by atoms with Crippen molar-refractivity contribution in [2.75, 3.05) is 38.6 Å². The van der Waals surface area contributed by atoms with Gasteiger partial charge in [0.2, 0.25) is 27.6 Å². The topological polar surface area (TPSA) is 183 Å². The summed E-state index contributed by atoms with van der Waals surface area (Å²) in [5, 5.41) is 11.9. The number of nitrogens with one attached hydrogen (secondary N) is 4. The van der Waals surface area contributed by atoms with Crippen molar-refractivity contribution >= 4 is 39.6 Å². The molecule has 0 aromatic rings. The van der Waals surface area contributed by atoms with Crippen molar-refractivity contribution in [3.05, 3.63) is 0 Å². The molecule has 5 amide bonds. The van der Waals surface area contributed by atoms with Gasteiger partial charge in [0.05, 0.1) is 30.5 Å². The van der Waals surface area contributed by atoms with Crippen LogP contribution in [0, 0.1) is 28.6 Å². The molecule has 2 aliphatic heterocycles. The molecule has 2 saturated heterocycles. The molecule has 0 unspecified atom stereocenters. The predicted octanol–water partition coefficient (Wildman–Crippen LogP) is 3.00. The summed E-state index contributed by atoms with van der Waals surface area (Å²) < 4.78 is 34.2. The van der Waals surface area contributed by atoms with Gasteiger partial charge in [0.25, 0.3) is 5.91 Å². The summed E-state index contributed by atoms with van der Waals surface area (Å²) >= 11 is 0. The van der Waals surface area contributed by atoms with Gasteiger partial charge < -0.3 is 30.9 Å². The number of ketones is 1. The van der Waals surface area contributed by atoms with Crippen LogP contribution in [0.2, 0.25) is 0 Å². The molecule has 5 saturated carbocycles. The number of morpholine rings is 1. The summed E-state index contributed by atoms with van der Waals surface area (Å²) in [6.07, 6.45) is 12.8. The van der Waals surface area contributed by atoms with Crippen LogP contribution in [0.4, 0.5) is 4.79 Å². The summed E-state index contributed by atoms with van der Waals surface area (Å²) in [7, 11) is -3.69. The average molecular weight is 789 g/mol. The van der Waals surface area contributed by atoms with E-state index < -0.39 is 62.7 Å². The van der Waals surface area contributed by atoms with E-state index in [-0.39, 0.29) is 48.0 Å². The molecule has 7 rings (SSSR count). The number of hydrogen-bond acceptors (Lipinski definition) is 8. The number of rotatable bonds is 15. The molecule has 55 heavy (non-hydrogen) atoms. The van der Waals surface area contributed by atoms with Gasteiger partial charge >= 0.3 is 6.03 Å². The molecule has 308 valence electrons. The summed E-state index contributed by atoms with van der Waals surface area (Å²) in [5.41, 5.74) is -1.75. The second-order valence-corrected chi connectivity index (χ2v) is 20.9. The molecule has 0 aromatic heterocycles. The first-order chi connectivity index (χ1) is 26.1. The quantitative estimate of drug-likeness (QED) is 0.183. The van der Waals surface area contributed by atoms with Crippen molar-refractivity contribution in [1.82, 2.24) is 30.5 Å². The largest absolute Gasteiger partial charge is 0.379 e. The van der Waals surface area contributed by atoms with Gasteiger partial charge in [0.1, 0.15) is 12.1 Å². The lowest BCUT2D eigenvalue weighted by molar-refractivity contribution is -0.146. The van der Waals surface area contributed by atoms with Gasteiger partial charge in [-0.3, -0.25) is 19.2 Å². The lowest BCUT2D eigenvalue weighted by Gasteiger charge is -2.44. The van der Waals surface area contributed by atoms with E-state index in [4.69, 9.17) is 4.74 Å². The molecule has 5 aliphatic carbocycles. The Morgan fingerprint density at radius 2 is 1.47 bits per heavy atom. The van der Waals surface area contributed by atoms with E-state index in [2.05, 4.69) is 35.1 Å². The van der Waals surface area contributed by atoms with Crippen molar-refractivity contribution in [3.63, 3.8) is 0 Å².